The van der Waals surface area contributed by atoms with Gasteiger partial charge in [0.05, 0.1) is 5.69 Å². The number of aromatic nitrogens is 2. The third kappa shape index (κ3) is 3.94. The standard InChI is InChI=1S/C17H25N3/c1-5-18-17(12-16-8-9-20(4)19-16)11-15-10-13(2)6-7-14(15)3/h6-10,17-18H,5,11-12H2,1-4H3. The molecule has 0 aliphatic rings. The van der Waals surface area contributed by atoms with E-state index >= 15 is 0 Å². The first-order chi connectivity index (χ1) is 9.58. The van der Waals surface area contributed by atoms with Gasteiger partial charge in [-0.25, -0.2) is 0 Å². The summed E-state index contributed by atoms with van der Waals surface area (Å²) in [5, 5.41) is 8.08. The Kier molecular flexibility index (Phi) is 4.96. The van der Waals surface area contributed by atoms with Gasteiger partial charge in [-0.2, -0.15) is 5.10 Å². The molecule has 2 aromatic rings. The van der Waals surface area contributed by atoms with Crippen molar-refractivity contribution in [3.05, 3.63) is 52.8 Å². The average molecular weight is 271 g/mol. The lowest BCUT2D eigenvalue weighted by Crippen LogP contribution is -2.33. The van der Waals surface area contributed by atoms with Crippen molar-refractivity contribution in [1.82, 2.24) is 15.1 Å². The number of hydrogen-bond donors (Lipinski definition) is 1. The topological polar surface area (TPSA) is 29.9 Å². The summed E-state index contributed by atoms with van der Waals surface area (Å²) in [4.78, 5) is 0. The minimum absolute atomic E-state index is 0.440. The Balaban J connectivity index is 2.10. The number of nitrogens with zero attached hydrogens (tertiary/aromatic N) is 2. The van der Waals surface area contributed by atoms with Crippen molar-refractivity contribution in [2.45, 2.75) is 39.7 Å². The van der Waals surface area contributed by atoms with E-state index < -0.39 is 0 Å². The second-order valence-corrected chi connectivity index (χ2v) is 5.57. The highest BCUT2D eigenvalue weighted by molar-refractivity contribution is 5.31. The van der Waals surface area contributed by atoms with E-state index in [4.69, 9.17) is 0 Å². The molecule has 1 N–H and O–H groups in total. The molecule has 0 aliphatic heterocycles. The molecular formula is C17H25N3. The Hall–Kier alpha value is -1.61. The van der Waals surface area contributed by atoms with Gasteiger partial charge in [0.2, 0.25) is 0 Å². The highest BCUT2D eigenvalue weighted by Gasteiger charge is 2.12. The lowest BCUT2D eigenvalue weighted by atomic mass is 9.96. The van der Waals surface area contributed by atoms with Crippen LogP contribution >= 0.6 is 0 Å². The SMILES string of the molecule is CCNC(Cc1ccn(C)n1)Cc1cc(C)ccc1C. The largest absolute Gasteiger partial charge is 0.314 e. The summed E-state index contributed by atoms with van der Waals surface area (Å²) in [5.41, 5.74) is 5.30. The number of rotatable bonds is 6. The van der Waals surface area contributed by atoms with E-state index in [-0.39, 0.29) is 0 Å². The van der Waals surface area contributed by atoms with E-state index in [1.54, 1.807) is 0 Å². The van der Waals surface area contributed by atoms with Crippen LogP contribution < -0.4 is 5.32 Å². The third-order valence-corrected chi connectivity index (χ3v) is 3.69. The van der Waals surface area contributed by atoms with E-state index in [1.165, 1.54) is 16.7 Å². The van der Waals surface area contributed by atoms with Crippen molar-refractivity contribution in [3.8, 4) is 0 Å². The van der Waals surface area contributed by atoms with Crippen molar-refractivity contribution < 1.29 is 0 Å². The molecule has 108 valence electrons. The fourth-order valence-corrected chi connectivity index (χ4v) is 2.62. The summed E-state index contributed by atoms with van der Waals surface area (Å²) in [6.45, 7) is 7.50. The van der Waals surface area contributed by atoms with E-state index in [0.717, 1.165) is 25.1 Å². The summed E-state index contributed by atoms with van der Waals surface area (Å²) >= 11 is 0. The fourth-order valence-electron chi connectivity index (χ4n) is 2.62. The van der Waals surface area contributed by atoms with Gasteiger partial charge in [0.15, 0.2) is 0 Å². The minimum Gasteiger partial charge on any atom is -0.314 e. The molecule has 1 atom stereocenters. The molecule has 0 radical (unpaired) electrons. The van der Waals surface area contributed by atoms with Gasteiger partial charge in [0, 0.05) is 25.7 Å². The summed E-state index contributed by atoms with van der Waals surface area (Å²) < 4.78 is 1.87. The molecule has 0 bridgehead atoms. The number of likely N-dealkylation sites (N-methyl/N-ethyl adjacent to an activating group) is 1. The zero-order chi connectivity index (χ0) is 14.5. The molecule has 2 rings (SSSR count). The van der Waals surface area contributed by atoms with E-state index in [1.807, 2.05) is 17.9 Å². The van der Waals surface area contributed by atoms with Crippen LogP contribution in [0.5, 0.6) is 0 Å². The third-order valence-electron chi connectivity index (χ3n) is 3.69. The van der Waals surface area contributed by atoms with Gasteiger partial charge in [0.25, 0.3) is 0 Å². The van der Waals surface area contributed by atoms with E-state index in [2.05, 4.69) is 55.5 Å². The summed E-state index contributed by atoms with van der Waals surface area (Å²) in [5.74, 6) is 0. The smallest absolute Gasteiger partial charge is 0.0640 e. The minimum atomic E-state index is 0.440. The predicted octanol–water partition coefficient (Wildman–Crippen LogP) is 2.80. The molecule has 0 aliphatic carbocycles. The van der Waals surface area contributed by atoms with Crippen molar-refractivity contribution in [2.75, 3.05) is 6.54 Å². The molecular weight excluding hydrogens is 246 g/mol. The van der Waals surface area contributed by atoms with Crippen molar-refractivity contribution in [2.24, 2.45) is 7.05 Å². The van der Waals surface area contributed by atoms with Crippen LogP contribution in [0, 0.1) is 13.8 Å². The van der Waals surface area contributed by atoms with Crippen molar-refractivity contribution >= 4 is 0 Å². The molecule has 20 heavy (non-hydrogen) atoms. The maximum Gasteiger partial charge on any atom is 0.0640 e. The highest BCUT2D eigenvalue weighted by Crippen LogP contribution is 2.14. The van der Waals surface area contributed by atoms with Gasteiger partial charge in [-0.15, -0.1) is 0 Å². The molecule has 0 spiro atoms. The predicted molar refractivity (Wildman–Crippen MR) is 84.0 cm³/mol. The van der Waals surface area contributed by atoms with Crippen LogP contribution in [-0.4, -0.2) is 22.4 Å². The summed E-state index contributed by atoms with van der Waals surface area (Å²) in [7, 11) is 1.97. The molecule has 3 nitrogen and oxygen atoms in total. The average Bonchev–Trinajstić information content (AvgIpc) is 2.79. The summed E-state index contributed by atoms with van der Waals surface area (Å²) in [6.07, 6.45) is 4.04. The summed E-state index contributed by atoms with van der Waals surface area (Å²) in [6, 6.07) is 9.25. The number of benzene rings is 1. The normalized spacial score (nSPS) is 12.6. The maximum atomic E-state index is 4.49. The number of hydrogen-bond acceptors (Lipinski definition) is 2. The Morgan fingerprint density at radius 3 is 2.65 bits per heavy atom. The quantitative estimate of drug-likeness (QED) is 0.875. The Morgan fingerprint density at radius 1 is 1.20 bits per heavy atom. The van der Waals surface area contributed by atoms with Gasteiger partial charge in [0.1, 0.15) is 0 Å². The van der Waals surface area contributed by atoms with Crippen LogP contribution in [0.15, 0.2) is 30.5 Å². The molecule has 1 unspecified atom stereocenters. The van der Waals surface area contributed by atoms with Crippen LogP contribution in [0.3, 0.4) is 0 Å². The Bertz CT molecular complexity index is 557. The fraction of sp³-hybridized carbons (Fsp3) is 0.471. The van der Waals surface area contributed by atoms with Gasteiger partial charge < -0.3 is 5.32 Å². The maximum absolute atomic E-state index is 4.49. The molecule has 1 aromatic heterocycles. The molecule has 1 aromatic carbocycles. The molecule has 0 saturated carbocycles. The lowest BCUT2D eigenvalue weighted by molar-refractivity contribution is 0.512. The molecule has 0 saturated heterocycles. The van der Waals surface area contributed by atoms with Crippen LogP contribution in [0.1, 0.15) is 29.3 Å². The first kappa shape index (κ1) is 14.8. The zero-order valence-corrected chi connectivity index (χ0v) is 13.0. The Labute approximate surface area is 122 Å². The van der Waals surface area contributed by atoms with Crippen LogP contribution in [0.4, 0.5) is 0 Å². The van der Waals surface area contributed by atoms with Crippen LogP contribution in [-0.2, 0) is 19.9 Å². The lowest BCUT2D eigenvalue weighted by Gasteiger charge is -2.18. The highest BCUT2D eigenvalue weighted by atomic mass is 15.2. The zero-order valence-electron chi connectivity index (χ0n) is 13.0. The first-order valence-electron chi connectivity index (χ1n) is 7.36. The second kappa shape index (κ2) is 6.71. The molecule has 1 heterocycles. The number of nitrogens with one attached hydrogen (secondary N) is 1. The molecule has 0 amide bonds. The first-order valence-corrected chi connectivity index (χ1v) is 7.36. The number of aryl methyl sites for hydroxylation is 3. The van der Waals surface area contributed by atoms with Gasteiger partial charge in [-0.3, -0.25) is 4.68 Å². The van der Waals surface area contributed by atoms with Gasteiger partial charge in [-0.1, -0.05) is 30.7 Å². The van der Waals surface area contributed by atoms with E-state index in [9.17, 15) is 0 Å². The molecule has 0 fully saturated rings. The molecule has 3 heteroatoms. The van der Waals surface area contributed by atoms with Gasteiger partial charge in [-0.05, 0) is 44.0 Å². The van der Waals surface area contributed by atoms with E-state index in [0.29, 0.717) is 6.04 Å². The van der Waals surface area contributed by atoms with Crippen LogP contribution in [0.25, 0.3) is 0 Å². The Morgan fingerprint density at radius 2 is 2.00 bits per heavy atom. The second-order valence-electron chi connectivity index (χ2n) is 5.57. The van der Waals surface area contributed by atoms with Crippen LogP contribution in [0.2, 0.25) is 0 Å². The monoisotopic (exact) mass is 271 g/mol. The van der Waals surface area contributed by atoms with Crippen molar-refractivity contribution in [3.63, 3.8) is 0 Å². The van der Waals surface area contributed by atoms with Gasteiger partial charge >= 0.3 is 0 Å². The van der Waals surface area contributed by atoms with Crippen molar-refractivity contribution in [1.29, 1.82) is 0 Å².